The Kier molecular flexibility index (Phi) is 5.56. The molecule has 2 N–H and O–H groups in total. The van der Waals surface area contributed by atoms with Crippen molar-refractivity contribution in [3.63, 3.8) is 0 Å². The van der Waals surface area contributed by atoms with Crippen LogP contribution in [0.2, 0.25) is 0 Å². The Morgan fingerprint density at radius 1 is 1.41 bits per heavy atom. The van der Waals surface area contributed by atoms with Crippen molar-refractivity contribution in [3.05, 3.63) is 39.7 Å². The Labute approximate surface area is 126 Å². The van der Waals surface area contributed by atoms with Crippen LogP contribution in [0.25, 0.3) is 0 Å². The van der Waals surface area contributed by atoms with E-state index in [1.807, 2.05) is 0 Å². The van der Waals surface area contributed by atoms with E-state index < -0.39 is 33.8 Å². The second-order valence-corrected chi connectivity index (χ2v) is 5.37. The van der Waals surface area contributed by atoms with Gasteiger partial charge < -0.3 is 10.4 Å². The number of carboxylic acids is 1. The lowest BCUT2D eigenvalue weighted by Crippen LogP contribution is -2.49. The van der Waals surface area contributed by atoms with Gasteiger partial charge in [0, 0.05) is 12.5 Å². The average Bonchev–Trinajstić information content (AvgIpc) is 2.39. The number of amides is 1. The average molecular weight is 312 g/mol. The molecule has 0 aliphatic heterocycles. The second-order valence-electron chi connectivity index (χ2n) is 5.37. The third-order valence-corrected chi connectivity index (χ3v) is 3.06. The largest absolute Gasteiger partial charge is 0.480 e. The van der Waals surface area contributed by atoms with E-state index in [-0.39, 0.29) is 6.42 Å². The SMILES string of the molecule is CC(C)(NC(=O)CCCc1ccc(F)c([N+](=O)[O-])c1)C(=O)O. The number of halogens is 1. The molecule has 0 aliphatic rings. The standard InChI is InChI=1S/C14H17FN2O5/c1-14(2,13(19)20)16-12(18)5-3-4-9-6-7-10(15)11(8-9)17(21)22/h6-8H,3-5H2,1-2H3,(H,16,18)(H,19,20). The highest BCUT2D eigenvalue weighted by Crippen LogP contribution is 2.19. The van der Waals surface area contributed by atoms with Crippen molar-refractivity contribution in [2.24, 2.45) is 0 Å². The van der Waals surface area contributed by atoms with Crippen LogP contribution >= 0.6 is 0 Å². The lowest BCUT2D eigenvalue weighted by molar-refractivity contribution is -0.387. The van der Waals surface area contributed by atoms with E-state index in [1.54, 1.807) is 0 Å². The van der Waals surface area contributed by atoms with Crippen molar-refractivity contribution >= 4 is 17.6 Å². The summed E-state index contributed by atoms with van der Waals surface area (Å²) in [6.45, 7) is 2.74. The van der Waals surface area contributed by atoms with Gasteiger partial charge in [0.2, 0.25) is 11.7 Å². The first-order chi connectivity index (χ1) is 10.1. The summed E-state index contributed by atoms with van der Waals surface area (Å²) in [6, 6.07) is 3.57. The minimum Gasteiger partial charge on any atom is -0.480 e. The number of hydrogen-bond donors (Lipinski definition) is 2. The lowest BCUT2D eigenvalue weighted by Gasteiger charge is -2.20. The zero-order valence-electron chi connectivity index (χ0n) is 12.3. The highest BCUT2D eigenvalue weighted by Gasteiger charge is 2.28. The van der Waals surface area contributed by atoms with Crippen molar-refractivity contribution in [1.82, 2.24) is 5.32 Å². The van der Waals surface area contributed by atoms with Crippen LogP contribution in [0.4, 0.5) is 10.1 Å². The van der Waals surface area contributed by atoms with Gasteiger partial charge in [-0.05, 0) is 38.3 Å². The molecule has 0 bridgehead atoms. The van der Waals surface area contributed by atoms with E-state index in [9.17, 15) is 24.1 Å². The second kappa shape index (κ2) is 6.97. The maximum atomic E-state index is 13.2. The first kappa shape index (κ1) is 17.5. The zero-order chi connectivity index (χ0) is 16.9. The van der Waals surface area contributed by atoms with E-state index >= 15 is 0 Å². The number of aliphatic carboxylic acids is 1. The Bertz CT molecular complexity index is 601. The molecule has 0 saturated carbocycles. The molecule has 1 amide bonds. The molecular formula is C14H17FN2O5. The summed E-state index contributed by atoms with van der Waals surface area (Å²) < 4.78 is 13.2. The number of aryl methyl sites for hydroxylation is 1. The van der Waals surface area contributed by atoms with Gasteiger partial charge >= 0.3 is 11.7 Å². The highest BCUT2D eigenvalue weighted by molar-refractivity contribution is 5.86. The van der Waals surface area contributed by atoms with Gasteiger partial charge in [0.15, 0.2) is 0 Å². The molecule has 0 heterocycles. The van der Waals surface area contributed by atoms with Crippen molar-refractivity contribution in [2.45, 2.75) is 38.6 Å². The molecule has 1 rings (SSSR count). The van der Waals surface area contributed by atoms with Gasteiger partial charge in [0.1, 0.15) is 5.54 Å². The molecule has 8 heteroatoms. The van der Waals surface area contributed by atoms with Gasteiger partial charge in [-0.2, -0.15) is 4.39 Å². The van der Waals surface area contributed by atoms with Crippen LogP contribution in [0.15, 0.2) is 18.2 Å². The Hall–Kier alpha value is -2.51. The number of hydrogen-bond acceptors (Lipinski definition) is 4. The number of nitrogens with zero attached hydrogens (tertiary/aromatic N) is 1. The van der Waals surface area contributed by atoms with Gasteiger partial charge in [0.05, 0.1) is 4.92 Å². The molecule has 7 nitrogen and oxygen atoms in total. The van der Waals surface area contributed by atoms with Crippen LogP contribution in [0, 0.1) is 15.9 Å². The van der Waals surface area contributed by atoms with Crippen molar-refractivity contribution < 1.29 is 24.0 Å². The van der Waals surface area contributed by atoms with E-state index in [1.165, 1.54) is 19.9 Å². The number of carbonyl (C=O) groups excluding carboxylic acids is 1. The van der Waals surface area contributed by atoms with E-state index in [2.05, 4.69) is 5.32 Å². The van der Waals surface area contributed by atoms with Crippen LogP contribution in [-0.4, -0.2) is 27.4 Å². The van der Waals surface area contributed by atoms with Gasteiger partial charge in [-0.1, -0.05) is 6.07 Å². The van der Waals surface area contributed by atoms with Crippen LogP contribution < -0.4 is 5.32 Å². The molecule has 0 spiro atoms. The van der Waals surface area contributed by atoms with Gasteiger partial charge in [-0.25, -0.2) is 4.79 Å². The Morgan fingerprint density at radius 3 is 2.59 bits per heavy atom. The summed E-state index contributed by atoms with van der Waals surface area (Å²) in [5.41, 5.74) is -1.42. The molecule has 1 aromatic rings. The number of nitro benzene ring substituents is 1. The fourth-order valence-corrected chi connectivity index (χ4v) is 1.77. The van der Waals surface area contributed by atoms with Crippen LogP contribution in [0.5, 0.6) is 0 Å². The smallest absolute Gasteiger partial charge is 0.328 e. The van der Waals surface area contributed by atoms with Crippen LogP contribution in [0.3, 0.4) is 0 Å². The molecule has 120 valence electrons. The van der Waals surface area contributed by atoms with Crippen LogP contribution in [0.1, 0.15) is 32.3 Å². The fraction of sp³-hybridized carbons (Fsp3) is 0.429. The molecule has 0 saturated heterocycles. The molecule has 0 aromatic heterocycles. The first-order valence-corrected chi connectivity index (χ1v) is 6.60. The lowest BCUT2D eigenvalue weighted by atomic mass is 10.0. The van der Waals surface area contributed by atoms with Gasteiger partial charge in [-0.3, -0.25) is 14.9 Å². The molecule has 1 aromatic carbocycles. The third kappa shape index (κ3) is 4.80. The van der Waals surface area contributed by atoms with Crippen molar-refractivity contribution in [3.8, 4) is 0 Å². The van der Waals surface area contributed by atoms with Gasteiger partial charge in [-0.15, -0.1) is 0 Å². The Morgan fingerprint density at radius 2 is 2.05 bits per heavy atom. The van der Waals surface area contributed by atoms with Crippen molar-refractivity contribution in [2.75, 3.05) is 0 Å². The minimum absolute atomic E-state index is 0.0713. The predicted molar refractivity (Wildman–Crippen MR) is 75.8 cm³/mol. The molecule has 0 radical (unpaired) electrons. The summed E-state index contributed by atoms with van der Waals surface area (Å²) >= 11 is 0. The number of benzene rings is 1. The van der Waals surface area contributed by atoms with Crippen molar-refractivity contribution in [1.29, 1.82) is 0 Å². The van der Waals surface area contributed by atoms with E-state index in [0.717, 1.165) is 12.1 Å². The molecule has 0 aliphatic carbocycles. The number of carbonyl (C=O) groups is 2. The molecule has 0 atom stereocenters. The summed E-state index contributed by atoms with van der Waals surface area (Å²) in [5, 5.41) is 21.9. The quantitative estimate of drug-likeness (QED) is 0.591. The Balaban J connectivity index is 2.55. The van der Waals surface area contributed by atoms with Crippen LogP contribution in [-0.2, 0) is 16.0 Å². The number of nitrogens with one attached hydrogen (secondary N) is 1. The minimum atomic E-state index is -1.36. The van der Waals surface area contributed by atoms with E-state index in [0.29, 0.717) is 18.4 Å². The highest BCUT2D eigenvalue weighted by atomic mass is 19.1. The monoisotopic (exact) mass is 312 g/mol. The summed E-state index contributed by atoms with van der Waals surface area (Å²) in [5.74, 6) is -2.48. The maximum absolute atomic E-state index is 13.2. The predicted octanol–water partition coefficient (Wildman–Crippen LogP) is 2.04. The fourth-order valence-electron chi connectivity index (χ4n) is 1.77. The molecule has 22 heavy (non-hydrogen) atoms. The maximum Gasteiger partial charge on any atom is 0.328 e. The molecule has 0 unspecified atom stereocenters. The number of carboxylic acid groups (broad SMARTS) is 1. The topological polar surface area (TPSA) is 110 Å². The summed E-state index contributed by atoms with van der Waals surface area (Å²) in [6.07, 6.45) is 0.786. The van der Waals surface area contributed by atoms with Gasteiger partial charge in [0.25, 0.3) is 0 Å². The number of rotatable bonds is 7. The summed E-state index contributed by atoms with van der Waals surface area (Å²) in [7, 11) is 0. The van der Waals surface area contributed by atoms with E-state index in [4.69, 9.17) is 5.11 Å². The normalized spacial score (nSPS) is 11.0. The summed E-state index contributed by atoms with van der Waals surface area (Å²) in [4.78, 5) is 32.3. The third-order valence-electron chi connectivity index (χ3n) is 3.06. The number of nitro groups is 1. The molecule has 0 fully saturated rings. The molecular weight excluding hydrogens is 295 g/mol. The zero-order valence-corrected chi connectivity index (χ0v) is 12.3. The first-order valence-electron chi connectivity index (χ1n) is 6.60.